The maximum absolute atomic E-state index is 12.2. The van der Waals surface area contributed by atoms with Gasteiger partial charge < -0.3 is 10.5 Å². The summed E-state index contributed by atoms with van der Waals surface area (Å²) in [7, 11) is 0. The maximum Gasteiger partial charge on any atom is 0.191 e. The molecule has 2 unspecified atom stereocenters. The Labute approximate surface area is 108 Å². The first-order valence-corrected chi connectivity index (χ1v) is 6.61. The Hall–Kier alpha value is -1.19. The van der Waals surface area contributed by atoms with Gasteiger partial charge in [0.1, 0.15) is 6.10 Å². The molecule has 0 aromatic heterocycles. The Bertz CT molecular complexity index is 411. The number of ether oxygens (including phenoxy) is 1. The van der Waals surface area contributed by atoms with E-state index >= 15 is 0 Å². The van der Waals surface area contributed by atoms with Gasteiger partial charge in [-0.15, -0.1) is 0 Å². The number of benzene rings is 1. The molecule has 0 spiro atoms. The third kappa shape index (κ3) is 2.79. The van der Waals surface area contributed by atoms with Crippen molar-refractivity contribution in [1.29, 1.82) is 0 Å². The van der Waals surface area contributed by atoms with Gasteiger partial charge in [0.2, 0.25) is 0 Å². The minimum absolute atomic E-state index is 0.0499. The number of carbonyl (C=O) groups is 1. The van der Waals surface area contributed by atoms with Crippen LogP contribution in [-0.4, -0.2) is 24.5 Å². The Balaban J connectivity index is 2.05. The summed E-state index contributed by atoms with van der Waals surface area (Å²) in [6.07, 6.45) is 1.42. The Morgan fingerprint density at radius 2 is 2.00 bits per heavy atom. The van der Waals surface area contributed by atoms with Gasteiger partial charge in [0.25, 0.3) is 0 Å². The SMILES string of the molecule is CC(C)c1ccc(C(=O)C2CCC(CN)O2)cc1. The summed E-state index contributed by atoms with van der Waals surface area (Å²) in [6.45, 7) is 4.78. The molecule has 2 atom stereocenters. The van der Waals surface area contributed by atoms with Crippen LogP contribution in [0.1, 0.15) is 48.5 Å². The molecule has 1 fully saturated rings. The molecule has 1 aromatic rings. The molecule has 0 amide bonds. The molecule has 1 aliphatic heterocycles. The summed E-state index contributed by atoms with van der Waals surface area (Å²) in [5.74, 6) is 0.569. The average Bonchev–Trinajstić information content (AvgIpc) is 2.86. The fourth-order valence-electron chi connectivity index (χ4n) is 2.29. The van der Waals surface area contributed by atoms with E-state index in [-0.39, 0.29) is 18.0 Å². The first-order chi connectivity index (χ1) is 8.61. The lowest BCUT2D eigenvalue weighted by molar-refractivity contribution is 0.0404. The number of hydrogen-bond acceptors (Lipinski definition) is 3. The van der Waals surface area contributed by atoms with Crippen molar-refractivity contribution in [2.75, 3.05) is 6.54 Å². The van der Waals surface area contributed by atoms with E-state index in [1.165, 1.54) is 5.56 Å². The van der Waals surface area contributed by atoms with Crippen molar-refractivity contribution in [3.05, 3.63) is 35.4 Å². The van der Waals surface area contributed by atoms with E-state index in [9.17, 15) is 4.79 Å². The van der Waals surface area contributed by atoms with Crippen molar-refractivity contribution >= 4 is 5.78 Å². The molecule has 1 saturated heterocycles. The van der Waals surface area contributed by atoms with Crippen LogP contribution in [0.25, 0.3) is 0 Å². The molecular weight excluding hydrogens is 226 g/mol. The fourth-order valence-corrected chi connectivity index (χ4v) is 2.29. The third-order valence-corrected chi connectivity index (χ3v) is 3.52. The lowest BCUT2D eigenvalue weighted by Crippen LogP contribution is -2.25. The molecule has 0 bridgehead atoms. The number of ketones is 1. The number of hydrogen-bond donors (Lipinski definition) is 1. The summed E-state index contributed by atoms with van der Waals surface area (Å²) in [5, 5.41) is 0. The molecule has 0 radical (unpaired) electrons. The van der Waals surface area contributed by atoms with E-state index in [1.807, 2.05) is 24.3 Å². The Morgan fingerprint density at radius 3 is 2.50 bits per heavy atom. The predicted octanol–water partition coefficient (Wildman–Crippen LogP) is 2.50. The van der Waals surface area contributed by atoms with Crippen LogP contribution in [0.15, 0.2) is 24.3 Å². The van der Waals surface area contributed by atoms with Crippen LogP contribution < -0.4 is 5.73 Å². The van der Waals surface area contributed by atoms with Crippen LogP contribution in [0.3, 0.4) is 0 Å². The molecule has 0 saturated carbocycles. The summed E-state index contributed by atoms with van der Waals surface area (Å²) in [5.41, 5.74) is 7.54. The highest BCUT2D eigenvalue weighted by atomic mass is 16.5. The molecule has 3 heteroatoms. The maximum atomic E-state index is 12.2. The van der Waals surface area contributed by atoms with Crippen molar-refractivity contribution < 1.29 is 9.53 Å². The van der Waals surface area contributed by atoms with E-state index in [4.69, 9.17) is 10.5 Å². The second-order valence-corrected chi connectivity index (χ2v) is 5.20. The average molecular weight is 247 g/mol. The quantitative estimate of drug-likeness (QED) is 0.832. The zero-order chi connectivity index (χ0) is 13.1. The van der Waals surface area contributed by atoms with Gasteiger partial charge in [-0.3, -0.25) is 4.79 Å². The second kappa shape index (κ2) is 5.63. The molecule has 2 rings (SSSR count). The number of nitrogens with two attached hydrogens (primary N) is 1. The van der Waals surface area contributed by atoms with Gasteiger partial charge in [-0.05, 0) is 24.3 Å². The smallest absolute Gasteiger partial charge is 0.191 e. The number of rotatable bonds is 4. The van der Waals surface area contributed by atoms with Gasteiger partial charge in [0.15, 0.2) is 5.78 Å². The Kier molecular flexibility index (Phi) is 4.15. The van der Waals surface area contributed by atoms with Crippen LogP contribution in [0, 0.1) is 0 Å². The monoisotopic (exact) mass is 247 g/mol. The standard InChI is InChI=1S/C15H21NO2/c1-10(2)11-3-5-12(6-4-11)15(17)14-8-7-13(9-16)18-14/h3-6,10,13-14H,7-9,16H2,1-2H3. The van der Waals surface area contributed by atoms with Gasteiger partial charge in [0, 0.05) is 12.1 Å². The number of Topliss-reactive ketones (excluding diaryl/α,β-unsaturated/α-hetero) is 1. The van der Waals surface area contributed by atoms with Gasteiger partial charge >= 0.3 is 0 Å². The van der Waals surface area contributed by atoms with E-state index in [2.05, 4.69) is 13.8 Å². The van der Waals surface area contributed by atoms with Crippen LogP contribution in [0.4, 0.5) is 0 Å². The topological polar surface area (TPSA) is 52.3 Å². The van der Waals surface area contributed by atoms with Gasteiger partial charge in [0.05, 0.1) is 6.10 Å². The highest BCUT2D eigenvalue weighted by Gasteiger charge is 2.30. The Morgan fingerprint density at radius 1 is 1.33 bits per heavy atom. The minimum atomic E-state index is -0.302. The molecule has 1 aromatic carbocycles. The van der Waals surface area contributed by atoms with Crippen molar-refractivity contribution in [3.8, 4) is 0 Å². The molecule has 0 aliphatic carbocycles. The largest absolute Gasteiger partial charge is 0.366 e. The highest BCUT2D eigenvalue weighted by molar-refractivity contribution is 5.99. The summed E-state index contributed by atoms with van der Waals surface area (Å²) < 4.78 is 5.63. The van der Waals surface area contributed by atoms with Crippen molar-refractivity contribution in [1.82, 2.24) is 0 Å². The third-order valence-electron chi connectivity index (χ3n) is 3.52. The van der Waals surface area contributed by atoms with Crippen LogP contribution >= 0.6 is 0 Å². The molecule has 98 valence electrons. The second-order valence-electron chi connectivity index (χ2n) is 5.20. The van der Waals surface area contributed by atoms with Crippen molar-refractivity contribution in [2.45, 2.75) is 44.8 Å². The summed E-state index contributed by atoms with van der Waals surface area (Å²) in [6, 6.07) is 7.84. The van der Waals surface area contributed by atoms with Gasteiger partial charge in [-0.25, -0.2) is 0 Å². The summed E-state index contributed by atoms with van der Waals surface area (Å²) in [4.78, 5) is 12.2. The number of carbonyl (C=O) groups excluding carboxylic acids is 1. The van der Waals surface area contributed by atoms with E-state index < -0.39 is 0 Å². The predicted molar refractivity (Wildman–Crippen MR) is 71.8 cm³/mol. The molecular formula is C15H21NO2. The van der Waals surface area contributed by atoms with Crippen LogP contribution in [-0.2, 0) is 4.74 Å². The summed E-state index contributed by atoms with van der Waals surface area (Å²) >= 11 is 0. The van der Waals surface area contributed by atoms with Crippen LogP contribution in [0.2, 0.25) is 0 Å². The van der Waals surface area contributed by atoms with Gasteiger partial charge in [-0.1, -0.05) is 38.1 Å². The lowest BCUT2D eigenvalue weighted by atomic mass is 9.98. The first kappa shape index (κ1) is 13.2. The minimum Gasteiger partial charge on any atom is -0.366 e. The zero-order valence-corrected chi connectivity index (χ0v) is 11.1. The lowest BCUT2D eigenvalue weighted by Gasteiger charge is -2.12. The highest BCUT2D eigenvalue weighted by Crippen LogP contribution is 2.23. The molecule has 2 N–H and O–H groups in total. The normalized spacial score (nSPS) is 23.6. The molecule has 1 heterocycles. The van der Waals surface area contributed by atoms with Crippen molar-refractivity contribution in [3.63, 3.8) is 0 Å². The van der Waals surface area contributed by atoms with Crippen LogP contribution in [0.5, 0.6) is 0 Å². The van der Waals surface area contributed by atoms with Gasteiger partial charge in [-0.2, -0.15) is 0 Å². The molecule has 18 heavy (non-hydrogen) atoms. The van der Waals surface area contributed by atoms with E-state index in [0.29, 0.717) is 12.5 Å². The van der Waals surface area contributed by atoms with E-state index in [0.717, 1.165) is 18.4 Å². The molecule has 3 nitrogen and oxygen atoms in total. The molecule has 1 aliphatic rings. The van der Waals surface area contributed by atoms with E-state index in [1.54, 1.807) is 0 Å². The first-order valence-electron chi connectivity index (χ1n) is 6.61. The fraction of sp³-hybridized carbons (Fsp3) is 0.533. The van der Waals surface area contributed by atoms with Crippen molar-refractivity contribution in [2.24, 2.45) is 5.73 Å². The zero-order valence-electron chi connectivity index (χ0n) is 11.1.